The van der Waals surface area contributed by atoms with Crippen LogP contribution in [0.5, 0.6) is 5.75 Å². The van der Waals surface area contributed by atoms with Gasteiger partial charge < -0.3 is 15.4 Å². The molecule has 32 heavy (non-hydrogen) atoms. The molecule has 7 nitrogen and oxygen atoms in total. The third-order valence-electron chi connectivity index (χ3n) is 4.78. The molecular formula is C25H22N4O3. The minimum Gasteiger partial charge on any atom is -0.497 e. The van der Waals surface area contributed by atoms with E-state index >= 15 is 0 Å². The third-order valence-corrected chi connectivity index (χ3v) is 4.78. The Balaban J connectivity index is 1.70. The second kappa shape index (κ2) is 9.18. The number of para-hydroxylation sites is 1. The molecule has 0 radical (unpaired) electrons. The highest BCUT2D eigenvalue weighted by atomic mass is 16.5. The Labute approximate surface area is 185 Å². The zero-order valence-electron chi connectivity index (χ0n) is 17.7. The molecule has 160 valence electrons. The molecule has 2 amide bonds. The maximum absolute atomic E-state index is 13.2. The monoisotopic (exact) mass is 426 g/mol. The predicted molar refractivity (Wildman–Crippen MR) is 124 cm³/mol. The quantitative estimate of drug-likeness (QED) is 0.466. The van der Waals surface area contributed by atoms with Gasteiger partial charge in [-0.1, -0.05) is 24.3 Å². The number of aromatic nitrogens is 2. The van der Waals surface area contributed by atoms with Gasteiger partial charge in [-0.05, 0) is 54.6 Å². The maximum atomic E-state index is 13.2. The van der Waals surface area contributed by atoms with Crippen LogP contribution in [-0.2, 0) is 4.79 Å². The maximum Gasteiger partial charge on any atom is 0.259 e. The number of nitrogens with one attached hydrogen (secondary N) is 2. The minimum atomic E-state index is -0.307. The highest BCUT2D eigenvalue weighted by molar-refractivity contribution is 6.08. The first-order valence-electron chi connectivity index (χ1n) is 10.0. The van der Waals surface area contributed by atoms with Crippen LogP contribution >= 0.6 is 0 Å². The minimum absolute atomic E-state index is 0.181. The molecular weight excluding hydrogens is 404 g/mol. The van der Waals surface area contributed by atoms with Crippen molar-refractivity contribution in [3.8, 4) is 22.7 Å². The zero-order chi connectivity index (χ0) is 22.5. The van der Waals surface area contributed by atoms with Gasteiger partial charge in [-0.15, -0.1) is 0 Å². The van der Waals surface area contributed by atoms with E-state index in [1.165, 1.54) is 6.92 Å². The van der Waals surface area contributed by atoms with Crippen molar-refractivity contribution in [2.24, 2.45) is 0 Å². The Hall–Kier alpha value is -4.39. The molecule has 4 aromatic rings. The fraction of sp³-hybridized carbons (Fsp3) is 0.0800. The van der Waals surface area contributed by atoms with Crippen LogP contribution in [0.1, 0.15) is 17.3 Å². The number of hydrogen-bond acceptors (Lipinski definition) is 4. The van der Waals surface area contributed by atoms with E-state index in [2.05, 4.69) is 15.7 Å². The summed E-state index contributed by atoms with van der Waals surface area (Å²) in [5.41, 5.74) is 3.77. The predicted octanol–water partition coefficient (Wildman–Crippen LogP) is 4.76. The van der Waals surface area contributed by atoms with E-state index in [9.17, 15) is 9.59 Å². The lowest BCUT2D eigenvalue weighted by molar-refractivity contribution is -0.114. The van der Waals surface area contributed by atoms with Crippen LogP contribution in [0.2, 0.25) is 0 Å². The van der Waals surface area contributed by atoms with Gasteiger partial charge in [0.05, 0.1) is 18.4 Å². The summed E-state index contributed by atoms with van der Waals surface area (Å²) < 4.78 is 6.92. The van der Waals surface area contributed by atoms with Gasteiger partial charge in [0, 0.05) is 30.1 Å². The van der Waals surface area contributed by atoms with Gasteiger partial charge in [-0.25, -0.2) is 4.68 Å². The van der Waals surface area contributed by atoms with Crippen molar-refractivity contribution >= 4 is 23.2 Å². The average molecular weight is 426 g/mol. The van der Waals surface area contributed by atoms with Gasteiger partial charge in [-0.3, -0.25) is 9.59 Å². The van der Waals surface area contributed by atoms with Crippen LogP contribution in [0.3, 0.4) is 0 Å². The van der Waals surface area contributed by atoms with Crippen molar-refractivity contribution in [3.63, 3.8) is 0 Å². The highest BCUT2D eigenvalue weighted by Crippen LogP contribution is 2.27. The number of ether oxygens (including phenoxy) is 1. The molecule has 0 bridgehead atoms. The summed E-state index contributed by atoms with van der Waals surface area (Å²) in [6, 6.07) is 24.0. The van der Waals surface area contributed by atoms with E-state index in [4.69, 9.17) is 4.74 Å². The lowest BCUT2D eigenvalue weighted by Crippen LogP contribution is -2.13. The molecule has 0 aliphatic carbocycles. The molecule has 1 heterocycles. The molecule has 2 N–H and O–H groups in total. The Morgan fingerprint density at radius 1 is 0.875 bits per heavy atom. The van der Waals surface area contributed by atoms with Crippen molar-refractivity contribution in [2.45, 2.75) is 6.92 Å². The van der Waals surface area contributed by atoms with Crippen LogP contribution in [0.4, 0.5) is 11.4 Å². The number of methoxy groups -OCH3 is 1. The molecule has 0 atom stereocenters. The number of carbonyl (C=O) groups excluding carboxylic acids is 2. The van der Waals surface area contributed by atoms with Gasteiger partial charge in [-0.2, -0.15) is 5.10 Å². The molecule has 0 aliphatic rings. The van der Waals surface area contributed by atoms with Gasteiger partial charge in [0.25, 0.3) is 5.91 Å². The van der Waals surface area contributed by atoms with Crippen LogP contribution < -0.4 is 15.4 Å². The van der Waals surface area contributed by atoms with E-state index in [1.807, 2.05) is 54.6 Å². The van der Waals surface area contributed by atoms with E-state index in [0.29, 0.717) is 22.6 Å². The van der Waals surface area contributed by atoms with Gasteiger partial charge in [0.15, 0.2) is 0 Å². The second-order valence-corrected chi connectivity index (χ2v) is 7.12. The summed E-state index contributed by atoms with van der Waals surface area (Å²) in [6.45, 7) is 1.43. The smallest absolute Gasteiger partial charge is 0.259 e. The standard InChI is InChI=1S/C25H22N4O3/c1-17(30)26-19-7-6-8-20(15-19)27-25(31)23-16-29(21-9-4-3-5-10-21)28-24(23)18-11-13-22(32-2)14-12-18/h3-16H,1-2H3,(H,26,30)(H,27,31). The number of hydrogen-bond donors (Lipinski definition) is 2. The van der Waals surface area contributed by atoms with Gasteiger partial charge >= 0.3 is 0 Å². The van der Waals surface area contributed by atoms with Crippen LogP contribution in [-0.4, -0.2) is 28.7 Å². The molecule has 0 spiro atoms. The van der Waals surface area contributed by atoms with Crippen molar-refractivity contribution in [3.05, 3.63) is 90.6 Å². The van der Waals surface area contributed by atoms with E-state index in [1.54, 1.807) is 42.3 Å². The van der Waals surface area contributed by atoms with Crippen molar-refractivity contribution < 1.29 is 14.3 Å². The lowest BCUT2D eigenvalue weighted by Gasteiger charge is -2.08. The Morgan fingerprint density at radius 2 is 1.56 bits per heavy atom. The molecule has 0 unspecified atom stereocenters. The fourth-order valence-electron chi connectivity index (χ4n) is 3.29. The SMILES string of the molecule is COc1ccc(-c2nn(-c3ccccc3)cc2C(=O)Nc2cccc(NC(C)=O)c2)cc1. The van der Waals surface area contributed by atoms with Crippen LogP contribution in [0.15, 0.2) is 85.1 Å². The summed E-state index contributed by atoms with van der Waals surface area (Å²) in [5, 5.41) is 10.3. The molecule has 4 rings (SSSR count). The van der Waals surface area contributed by atoms with Crippen LogP contribution in [0, 0.1) is 0 Å². The number of anilines is 2. The number of rotatable bonds is 6. The zero-order valence-corrected chi connectivity index (χ0v) is 17.7. The summed E-state index contributed by atoms with van der Waals surface area (Å²) in [6.07, 6.45) is 1.71. The molecule has 0 saturated carbocycles. The molecule has 1 aromatic heterocycles. The van der Waals surface area contributed by atoms with E-state index < -0.39 is 0 Å². The molecule has 3 aromatic carbocycles. The van der Waals surface area contributed by atoms with Crippen LogP contribution in [0.25, 0.3) is 16.9 Å². The van der Waals surface area contributed by atoms with E-state index in [0.717, 1.165) is 17.0 Å². The van der Waals surface area contributed by atoms with E-state index in [-0.39, 0.29) is 11.8 Å². The third kappa shape index (κ3) is 4.67. The normalized spacial score (nSPS) is 10.4. The molecule has 0 aliphatic heterocycles. The average Bonchev–Trinajstić information content (AvgIpc) is 3.25. The number of amides is 2. The second-order valence-electron chi connectivity index (χ2n) is 7.12. The summed E-state index contributed by atoms with van der Waals surface area (Å²) >= 11 is 0. The largest absolute Gasteiger partial charge is 0.497 e. The van der Waals surface area contributed by atoms with Crippen molar-refractivity contribution in [1.29, 1.82) is 0 Å². The Kier molecular flexibility index (Phi) is 5.98. The summed E-state index contributed by atoms with van der Waals surface area (Å²) in [5.74, 6) is 0.231. The Morgan fingerprint density at radius 3 is 2.22 bits per heavy atom. The number of carbonyl (C=O) groups is 2. The highest BCUT2D eigenvalue weighted by Gasteiger charge is 2.19. The topological polar surface area (TPSA) is 85.2 Å². The molecule has 0 fully saturated rings. The molecule has 7 heteroatoms. The summed E-state index contributed by atoms with van der Waals surface area (Å²) in [7, 11) is 1.60. The fourth-order valence-corrected chi connectivity index (χ4v) is 3.29. The lowest BCUT2D eigenvalue weighted by atomic mass is 10.1. The Bertz CT molecular complexity index is 1250. The first kappa shape index (κ1) is 20.9. The van der Waals surface area contributed by atoms with Crippen molar-refractivity contribution in [2.75, 3.05) is 17.7 Å². The van der Waals surface area contributed by atoms with Gasteiger partial charge in [0.1, 0.15) is 11.4 Å². The summed E-state index contributed by atoms with van der Waals surface area (Å²) in [4.78, 5) is 24.6. The number of benzene rings is 3. The molecule has 0 saturated heterocycles. The van der Waals surface area contributed by atoms with Gasteiger partial charge in [0.2, 0.25) is 5.91 Å². The first-order valence-corrected chi connectivity index (χ1v) is 10.0. The number of nitrogens with zero attached hydrogens (tertiary/aromatic N) is 2. The van der Waals surface area contributed by atoms with Crippen molar-refractivity contribution in [1.82, 2.24) is 9.78 Å². The first-order chi connectivity index (χ1) is 15.5.